The molecule has 0 spiro atoms. The lowest BCUT2D eigenvalue weighted by Crippen LogP contribution is -2.29. The quantitative estimate of drug-likeness (QED) is 0.627. The lowest BCUT2D eigenvalue weighted by Gasteiger charge is -2.15. The maximum atomic E-state index is 5.93. The molecule has 0 amide bonds. The van der Waals surface area contributed by atoms with Gasteiger partial charge in [-0.15, -0.1) is 0 Å². The number of aromatic nitrogens is 2. The zero-order valence-electron chi connectivity index (χ0n) is 8.47. The van der Waals surface area contributed by atoms with Gasteiger partial charge in [0.05, 0.1) is 11.7 Å². The first-order chi connectivity index (χ1) is 7.81. The van der Waals surface area contributed by atoms with Crippen molar-refractivity contribution in [3.8, 4) is 0 Å². The summed E-state index contributed by atoms with van der Waals surface area (Å²) < 4.78 is 0. The Labute approximate surface area is 98.5 Å². The van der Waals surface area contributed by atoms with E-state index in [0.717, 1.165) is 11.3 Å². The Hall–Kier alpha value is -1.49. The first-order valence-electron chi connectivity index (χ1n) is 4.79. The number of rotatable bonds is 3. The lowest BCUT2D eigenvalue weighted by atomic mass is 10.0. The van der Waals surface area contributed by atoms with Crippen LogP contribution in [0.4, 0.5) is 0 Å². The van der Waals surface area contributed by atoms with Gasteiger partial charge < -0.3 is 0 Å². The molecular formula is C11H11ClN4. The highest BCUT2D eigenvalue weighted by molar-refractivity contribution is 6.30. The van der Waals surface area contributed by atoms with Crippen molar-refractivity contribution >= 4 is 11.6 Å². The maximum Gasteiger partial charge on any atom is 0.115 e. The Morgan fingerprint density at radius 1 is 1.31 bits per heavy atom. The van der Waals surface area contributed by atoms with Gasteiger partial charge in [0, 0.05) is 11.2 Å². The molecule has 0 fully saturated rings. The van der Waals surface area contributed by atoms with Crippen LogP contribution < -0.4 is 11.3 Å². The molecule has 2 aromatic rings. The fraction of sp³-hybridized carbons (Fsp3) is 0.0909. The summed E-state index contributed by atoms with van der Waals surface area (Å²) in [5, 5.41) is 0.673. The average molecular weight is 235 g/mol. The first kappa shape index (κ1) is 11.0. The molecule has 1 unspecified atom stereocenters. The largest absolute Gasteiger partial charge is 0.271 e. The summed E-state index contributed by atoms with van der Waals surface area (Å²) in [7, 11) is 0. The standard InChI is InChI=1S/C11H11ClN4/c12-9-3-1-2-8(6-9)11(16-13)10-4-5-14-7-15-10/h1-7,11,16H,13H2. The fourth-order valence-electron chi connectivity index (χ4n) is 1.51. The molecule has 3 N–H and O–H groups in total. The molecule has 0 bridgehead atoms. The Balaban J connectivity index is 2.37. The topological polar surface area (TPSA) is 63.8 Å². The van der Waals surface area contributed by atoms with Gasteiger partial charge in [-0.3, -0.25) is 5.84 Å². The SMILES string of the molecule is NNC(c1cccc(Cl)c1)c1ccncn1. The van der Waals surface area contributed by atoms with Crippen LogP contribution in [0.3, 0.4) is 0 Å². The van der Waals surface area contributed by atoms with Crippen molar-refractivity contribution in [1.82, 2.24) is 15.4 Å². The van der Waals surface area contributed by atoms with E-state index in [0.29, 0.717) is 5.02 Å². The van der Waals surface area contributed by atoms with Gasteiger partial charge in [0.15, 0.2) is 0 Å². The Bertz CT molecular complexity index is 461. The number of hydrogen-bond donors (Lipinski definition) is 2. The fourth-order valence-corrected chi connectivity index (χ4v) is 1.71. The molecule has 82 valence electrons. The van der Waals surface area contributed by atoms with Crippen molar-refractivity contribution in [3.05, 3.63) is 59.1 Å². The molecule has 5 heteroatoms. The Morgan fingerprint density at radius 3 is 2.81 bits per heavy atom. The predicted molar refractivity (Wildman–Crippen MR) is 62.7 cm³/mol. The monoisotopic (exact) mass is 234 g/mol. The normalized spacial score (nSPS) is 12.4. The van der Waals surface area contributed by atoms with Gasteiger partial charge in [0.2, 0.25) is 0 Å². The Kier molecular flexibility index (Phi) is 3.46. The van der Waals surface area contributed by atoms with Gasteiger partial charge in [0.25, 0.3) is 0 Å². The number of benzene rings is 1. The lowest BCUT2D eigenvalue weighted by molar-refractivity contribution is 0.619. The zero-order valence-corrected chi connectivity index (χ0v) is 9.22. The summed E-state index contributed by atoms with van der Waals surface area (Å²) >= 11 is 5.93. The van der Waals surface area contributed by atoms with Gasteiger partial charge in [-0.25, -0.2) is 15.4 Å². The molecule has 0 aliphatic carbocycles. The second-order valence-electron chi connectivity index (χ2n) is 3.29. The van der Waals surface area contributed by atoms with Gasteiger partial charge in [-0.05, 0) is 23.8 Å². The molecule has 2 rings (SSSR count). The minimum absolute atomic E-state index is 0.179. The molecule has 4 nitrogen and oxygen atoms in total. The Morgan fingerprint density at radius 2 is 2.19 bits per heavy atom. The molecule has 0 saturated carbocycles. The third kappa shape index (κ3) is 2.36. The van der Waals surface area contributed by atoms with Crippen LogP contribution in [0, 0.1) is 0 Å². The molecule has 1 aromatic heterocycles. The van der Waals surface area contributed by atoms with Gasteiger partial charge in [-0.1, -0.05) is 23.7 Å². The number of nitrogens with two attached hydrogens (primary N) is 1. The highest BCUT2D eigenvalue weighted by Crippen LogP contribution is 2.21. The van der Waals surface area contributed by atoms with Crippen LogP contribution in [0.5, 0.6) is 0 Å². The van der Waals surface area contributed by atoms with E-state index in [1.807, 2.05) is 30.3 Å². The van der Waals surface area contributed by atoms with E-state index in [1.54, 1.807) is 6.20 Å². The molecule has 0 aliphatic rings. The highest BCUT2D eigenvalue weighted by atomic mass is 35.5. The number of halogens is 1. The number of nitrogens with one attached hydrogen (secondary N) is 1. The minimum atomic E-state index is -0.179. The molecule has 0 radical (unpaired) electrons. The van der Waals surface area contributed by atoms with Crippen LogP contribution >= 0.6 is 11.6 Å². The smallest absolute Gasteiger partial charge is 0.115 e. The van der Waals surface area contributed by atoms with Crippen LogP contribution in [0.2, 0.25) is 5.02 Å². The van der Waals surface area contributed by atoms with E-state index in [-0.39, 0.29) is 6.04 Å². The summed E-state index contributed by atoms with van der Waals surface area (Å²) in [4.78, 5) is 8.03. The van der Waals surface area contributed by atoms with Crippen molar-refractivity contribution in [2.24, 2.45) is 5.84 Å². The molecule has 1 aromatic carbocycles. The third-order valence-corrected chi connectivity index (χ3v) is 2.48. The minimum Gasteiger partial charge on any atom is -0.271 e. The summed E-state index contributed by atoms with van der Waals surface area (Å²) in [6, 6.07) is 9.13. The zero-order chi connectivity index (χ0) is 11.4. The predicted octanol–water partition coefficient (Wildman–Crippen LogP) is 1.68. The maximum absolute atomic E-state index is 5.93. The van der Waals surface area contributed by atoms with Crippen molar-refractivity contribution < 1.29 is 0 Å². The highest BCUT2D eigenvalue weighted by Gasteiger charge is 2.13. The number of nitrogens with zero attached hydrogens (tertiary/aromatic N) is 2. The number of hydrogen-bond acceptors (Lipinski definition) is 4. The van der Waals surface area contributed by atoms with Gasteiger partial charge in [0.1, 0.15) is 6.33 Å². The van der Waals surface area contributed by atoms with Crippen molar-refractivity contribution in [2.45, 2.75) is 6.04 Å². The number of hydrazine groups is 1. The van der Waals surface area contributed by atoms with Crippen molar-refractivity contribution in [1.29, 1.82) is 0 Å². The van der Waals surface area contributed by atoms with Crippen LogP contribution in [-0.4, -0.2) is 9.97 Å². The summed E-state index contributed by atoms with van der Waals surface area (Å²) in [6.07, 6.45) is 3.17. The van der Waals surface area contributed by atoms with Crippen molar-refractivity contribution in [2.75, 3.05) is 0 Å². The van der Waals surface area contributed by atoms with E-state index in [1.165, 1.54) is 6.33 Å². The third-order valence-electron chi connectivity index (χ3n) is 2.25. The van der Waals surface area contributed by atoms with Crippen LogP contribution in [0.1, 0.15) is 17.3 Å². The van der Waals surface area contributed by atoms with Crippen LogP contribution in [0.25, 0.3) is 0 Å². The summed E-state index contributed by atoms with van der Waals surface area (Å²) in [5.74, 6) is 5.53. The van der Waals surface area contributed by atoms with Crippen LogP contribution in [0.15, 0.2) is 42.9 Å². The van der Waals surface area contributed by atoms with Gasteiger partial charge in [-0.2, -0.15) is 0 Å². The molecule has 1 atom stereocenters. The molecule has 0 aliphatic heterocycles. The molecule has 0 saturated heterocycles. The summed E-state index contributed by atoms with van der Waals surface area (Å²) in [6.45, 7) is 0. The first-order valence-corrected chi connectivity index (χ1v) is 5.16. The van der Waals surface area contributed by atoms with E-state index < -0.39 is 0 Å². The second-order valence-corrected chi connectivity index (χ2v) is 3.73. The molecular weight excluding hydrogens is 224 g/mol. The second kappa shape index (κ2) is 5.03. The van der Waals surface area contributed by atoms with Crippen LogP contribution in [-0.2, 0) is 0 Å². The molecule has 1 heterocycles. The van der Waals surface area contributed by atoms with E-state index in [4.69, 9.17) is 17.4 Å². The van der Waals surface area contributed by atoms with E-state index in [9.17, 15) is 0 Å². The van der Waals surface area contributed by atoms with Crippen molar-refractivity contribution in [3.63, 3.8) is 0 Å². The van der Waals surface area contributed by atoms with E-state index in [2.05, 4.69) is 15.4 Å². The van der Waals surface area contributed by atoms with E-state index >= 15 is 0 Å². The van der Waals surface area contributed by atoms with Gasteiger partial charge >= 0.3 is 0 Å². The average Bonchev–Trinajstić information content (AvgIpc) is 2.31. The molecule has 16 heavy (non-hydrogen) atoms. The summed E-state index contributed by atoms with van der Waals surface area (Å²) in [5.41, 5.74) is 4.48.